The van der Waals surface area contributed by atoms with E-state index in [0.29, 0.717) is 17.1 Å². The van der Waals surface area contributed by atoms with E-state index in [1.54, 1.807) is 24.4 Å². The number of amides is 1. The molecular weight excluding hydrogens is 462 g/mol. The van der Waals surface area contributed by atoms with E-state index in [-0.39, 0.29) is 0 Å². The predicted octanol–water partition coefficient (Wildman–Crippen LogP) is 4.02. The van der Waals surface area contributed by atoms with Crippen LogP contribution < -0.4 is 11.5 Å². The molecule has 4 N–H and O–H groups in total. The Balaban J connectivity index is 0.000000237. The molecule has 0 atom stereocenters. The highest BCUT2D eigenvalue weighted by Crippen LogP contribution is 2.32. The van der Waals surface area contributed by atoms with Gasteiger partial charge in [0, 0.05) is 23.8 Å². The normalized spacial score (nSPS) is 11.9. The van der Waals surface area contributed by atoms with Crippen LogP contribution in [0.2, 0.25) is 0 Å². The number of aryl methyl sites for hydroxylation is 3. The molecule has 4 heterocycles. The number of hydrogen-bond donors (Lipinski definition) is 2. The number of anilines is 1. The second-order valence-corrected chi connectivity index (χ2v) is 8.75. The van der Waals surface area contributed by atoms with Crippen LogP contribution in [0.4, 0.5) is 5.82 Å². The Morgan fingerprint density at radius 1 is 1.03 bits per heavy atom. The number of nitrogen functional groups attached to an aromatic ring is 1. The topological polar surface area (TPSA) is 126 Å². The van der Waals surface area contributed by atoms with Gasteiger partial charge in [-0.2, -0.15) is 0 Å². The Kier molecular flexibility index (Phi) is 6.35. The molecule has 5 aromatic rings. The Morgan fingerprint density at radius 3 is 2.59 bits per heavy atom. The monoisotopic (exact) mass is 487 g/mol. The molecule has 0 saturated carbocycles. The third-order valence-electron chi connectivity index (χ3n) is 6.27. The molecule has 37 heavy (non-hydrogen) atoms. The van der Waals surface area contributed by atoms with Crippen LogP contribution in [-0.4, -0.2) is 30.4 Å². The van der Waals surface area contributed by atoms with Crippen molar-refractivity contribution in [3.63, 3.8) is 0 Å². The SMILES string of the molecule is C#Cc1ccc2nc(-c3cccnc3N)n(-c3ccc4c(c3)CCC4)c2n1.Cc1ccc(C(N)=O)cn1. The minimum Gasteiger partial charge on any atom is -0.383 e. The predicted molar refractivity (Wildman–Crippen MR) is 144 cm³/mol. The van der Waals surface area contributed by atoms with Gasteiger partial charge in [0.05, 0.1) is 11.1 Å². The summed E-state index contributed by atoms with van der Waals surface area (Å²) < 4.78 is 2.03. The summed E-state index contributed by atoms with van der Waals surface area (Å²) in [7, 11) is 0. The summed E-state index contributed by atoms with van der Waals surface area (Å²) in [5.41, 5.74) is 19.1. The number of nitrogens with two attached hydrogens (primary N) is 2. The van der Waals surface area contributed by atoms with E-state index >= 15 is 0 Å². The molecular formula is C29H25N7O. The minimum atomic E-state index is -0.438. The second kappa shape index (κ2) is 9.91. The number of rotatable bonds is 3. The molecule has 182 valence electrons. The molecule has 0 aliphatic heterocycles. The maximum Gasteiger partial charge on any atom is 0.250 e. The van der Waals surface area contributed by atoms with Crippen LogP contribution in [0.3, 0.4) is 0 Å². The zero-order valence-corrected chi connectivity index (χ0v) is 20.3. The van der Waals surface area contributed by atoms with Gasteiger partial charge in [0.2, 0.25) is 5.91 Å². The molecule has 1 aliphatic rings. The van der Waals surface area contributed by atoms with Gasteiger partial charge in [-0.25, -0.2) is 15.0 Å². The van der Waals surface area contributed by atoms with Crippen molar-refractivity contribution in [2.45, 2.75) is 26.2 Å². The lowest BCUT2D eigenvalue weighted by molar-refractivity contribution is 0.1000. The van der Waals surface area contributed by atoms with Crippen molar-refractivity contribution >= 4 is 22.9 Å². The molecule has 4 aromatic heterocycles. The summed E-state index contributed by atoms with van der Waals surface area (Å²) in [4.78, 5) is 28.1. The number of benzene rings is 1. The fourth-order valence-electron chi connectivity index (χ4n) is 4.38. The van der Waals surface area contributed by atoms with Gasteiger partial charge in [-0.1, -0.05) is 12.0 Å². The molecule has 0 spiro atoms. The number of carbonyl (C=O) groups is 1. The summed E-state index contributed by atoms with van der Waals surface area (Å²) in [5.74, 6) is 3.33. The highest BCUT2D eigenvalue weighted by molar-refractivity contribution is 5.92. The van der Waals surface area contributed by atoms with E-state index in [2.05, 4.69) is 39.1 Å². The van der Waals surface area contributed by atoms with Crippen molar-refractivity contribution < 1.29 is 4.79 Å². The van der Waals surface area contributed by atoms with Crippen molar-refractivity contribution in [2.75, 3.05) is 5.73 Å². The Labute approximate surface area is 214 Å². The molecule has 0 unspecified atom stereocenters. The van der Waals surface area contributed by atoms with Crippen LogP contribution in [0.15, 0.2) is 67.0 Å². The first-order valence-electron chi connectivity index (χ1n) is 11.9. The van der Waals surface area contributed by atoms with Crippen molar-refractivity contribution in [3.05, 3.63) is 95.1 Å². The highest BCUT2D eigenvalue weighted by atomic mass is 16.1. The first kappa shape index (κ1) is 23.7. The van der Waals surface area contributed by atoms with Crippen LogP contribution in [-0.2, 0) is 12.8 Å². The molecule has 6 rings (SSSR count). The molecule has 0 bridgehead atoms. The van der Waals surface area contributed by atoms with E-state index in [9.17, 15) is 4.79 Å². The van der Waals surface area contributed by atoms with Crippen molar-refractivity contribution in [3.8, 4) is 29.4 Å². The first-order valence-corrected chi connectivity index (χ1v) is 11.9. The van der Waals surface area contributed by atoms with Gasteiger partial charge in [-0.3, -0.25) is 14.3 Å². The number of primary amides is 1. The van der Waals surface area contributed by atoms with Gasteiger partial charge in [-0.15, -0.1) is 6.42 Å². The van der Waals surface area contributed by atoms with Crippen molar-refractivity contribution in [2.24, 2.45) is 5.73 Å². The molecule has 0 saturated heterocycles. The summed E-state index contributed by atoms with van der Waals surface area (Å²) in [5, 5.41) is 0. The third-order valence-corrected chi connectivity index (χ3v) is 6.27. The highest BCUT2D eigenvalue weighted by Gasteiger charge is 2.20. The summed E-state index contributed by atoms with van der Waals surface area (Å²) in [6.07, 6.45) is 12.2. The Morgan fingerprint density at radius 2 is 1.86 bits per heavy atom. The smallest absolute Gasteiger partial charge is 0.250 e. The minimum absolute atomic E-state index is 0.437. The Bertz CT molecular complexity index is 1660. The standard InChI is InChI=1S/C22H17N5.C7H8N2O/c1-2-16-9-11-19-22(25-16)27(17-10-8-14-5-3-6-15(14)13-17)21(26-19)18-7-4-12-24-20(18)23;1-5-2-3-6(4-9-5)7(8)10/h1,4,7-13H,3,5-6H2,(H2,23,24);2-4H,1H3,(H2,8,10). The third kappa shape index (κ3) is 4.75. The lowest BCUT2D eigenvalue weighted by Gasteiger charge is -2.12. The molecule has 8 nitrogen and oxygen atoms in total. The van der Waals surface area contributed by atoms with E-state index in [0.717, 1.165) is 46.8 Å². The lowest BCUT2D eigenvalue weighted by Crippen LogP contribution is -2.10. The number of nitrogens with zero attached hydrogens (tertiary/aromatic N) is 5. The summed E-state index contributed by atoms with van der Waals surface area (Å²) in [6, 6.07) is 17.4. The van der Waals surface area contributed by atoms with E-state index in [1.165, 1.54) is 23.7 Å². The summed E-state index contributed by atoms with van der Waals surface area (Å²) >= 11 is 0. The first-order chi connectivity index (χ1) is 17.9. The van der Waals surface area contributed by atoms with Gasteiger partial charge >= 0.3 is 0 Å². The molecule has 1 aliphatic carbocycles. The van der Waals surface area contributed by atoms with Gasteiger partial charge in [0.1, 0.15) is 17.0 Å². The van der Waals surface area contributed by atoms with Crippen LogP contribution in [0.1, 0.15) is 39.3 Å². The van der Waals surface area contributed by atoms with Crippen molar-refractivity contribution in [1.82, 2.24) is 24.5 Å². The van der Waals surface area contributed by atoms with Crippen LogP contribution in [0, 0.1) is 19.3 Å². The number of imidazole rings is 1. The van der Waals surface area contributed by atoms with Crippen molar-refractivity contribution in [1.29, 1.82) is 0 Å². The van der Waals surface area contributed by atoms with Gasteiger partial charge in [-0.05, 0) is 85.8 Å². The number of aromatic nitrogens is 5. The maximum absolute atomic E-state index is 10.5. The fourth-order valence-corrected chi connectivity index (χ4v) is 4.38. The Hall–Kier alpha value is -5.03. The lowest BCUT2D eigenvalue weighted by atomic mass is 10.1. The molecule has 8 heteroatoms. The average Bonchev–Trinajstić information content (AvgIpc) is 3.53. The van der Waals surface area contributed by atoms with Gasteiger partial charge < -0.3 is 11.5 Å². The van der Waals surface area contributed by atoms with Crippen LogP contribution >= 0.6 is 0 Å². The van der Waals surface area contributed by atoms with Gasteiger partial charge in [0.15, 0.2) is 11.5 Å². The fraction of sp³-hybridized carbons (Fsp3) is 0.138. The number of fused-ring (bicyclic) bond motifs is 2. The van der Waals surface area contributed by atoms with E-state index < -0.39 is 5.91 Å². The average molecular weight is 488 g/mol. The maximum atomic E-state index is 10.5. The van der Waals surface area contributed by atoms with Crippen LogP contribution in [0.5, 0.6) is 0 Å². The van der Waals surface area contributed by atoms with E-state index in [4.69, 9.17) is 22.9 Å². The van der Waals surface area contributed by atoms with Gasteiger partial charge in [0.25, 0.3) is 0 Å². The molecule has 0 fully saturated rings. The number of pyridine rings is 3. The molecule has 0 radical (unpaired) electrons. The number of hydrogen-bond acceptors (Lipinski definition) is 6. The second-order valence-electron chi connectivity index (χ2n) is 8.75. The molecule has 1 aromatic carbocycles. The molecule has 1 amide bonds. The zero-order chi connectivity index (χ0) is 25.9. The summed E-state index contributed by atoms with van der Waals surface area (Å²) in [6.45, 7) is 1.85. The van der Waals surface area contributed by atoms with Crippen LogP contribution in [0.25, 0.3) is 28.2 Å². The number of terminal acetylenes is 1. The largest absolute Gasteiger partial charge is 0.383 e. The number of carbonyl (C=O) groups excluding carboxylic acids is 1. The van der Waals surface area contributed by atoms with E-state index in [1.807, 2.05) is 29.7 Å². The quantitative estimate of drug-likeness (QED) is 0.370. The zero-order valence-electron chi connectivity index (χ0n) is 20.3.